The van der Waals surface area contributed by atoms with Gasteiger partial charge in [0.25, 0.3) is 0 Å². The lowest BCUT2D eigenvalue weighted by molar-refractivity contribution is -0.401. The molecule has 0 fully saturated rings. The number of hydrogen-bond donors (Lipinski definition) is 0. The Balaban J connectivity index is 1.94. The molecule has 2 atom stereocenters. The van der Waals surface area contributed by atoms with Gasteiger partial charge in [-0.15, -0.1) is 13.2 Å². The SMILES string of the molecule is C=CCC1(C)C(=CC2=[N+](C)c3ccccc3C2(C)CC=C)N(C)c2ccccc21. The molecule has 2 aromatic carbocycles. The summed E-state index contributed by atoms with van der Waals surface area (Å²) in [5, 5.41) is 0. The van der Waals surface area contributed by atoms with Gasteiger partial charge in [-0.05, 0) is 38.3 Å². The van der Waals surface area contributed by atoms with Crippen LogP contribution in [-0.2, 0) is 10.8 Å². The topological polar surface area (TPSA) is 6.25 Å². The molecule has 2 aliphatic rings. The second-order valence-corrected chi connectivity index (χ2v) is 8.72. The molecule has 2 nitrogen and oxygen atoms in total. The van der Waals surface area contributed by atoms with Crippen LogP contribution in [0.5, 0.6) is 0 Å². The van der Waals surface area contributed by atoms with Crippen molar-refractivity contribution < 1.29 is 4.58 Å². The van der Waals surface area contributed by atoms with Crippen molar-refractivity contribution in [3.8, 4) is 0 Å². The van der Waals surface area contributed by atoms with E-state index in [1.165, 1.54) is 33.9 Å². The molecule has 0 aromatic heterocycles. The first kappa shape index (κ1) is 19.4. The molecule has 0 aliphatic carbocycles. The van der Waals surface area contributed by atoms with Gasteiger partial charge in [-0.3, -0.25) is 0 Å². The average Bonchev–Trinajstić information content (AvgIpc) is 3.06. The van der Waals surface area contributed by atoms with Crippen LogP contribution < -0.4 is 4.90 Å². The number of likely N-dealkylation sites (N-methyl/N-ethyl adjacent to an activating group) is 1. The Bertz CT molecular complexity index is 1060. The van der Waals surface area contributed by atoms with Gasteiger partial charge in [0.2, 0.25) is 5.69 Å². The Morgan fingerprint density at radius 3 is 2.17 bits per heavy atom. The molecule has 2 aliphatic heterocycles. The highest BCUT2D eigenvalue weighted by atomic mass is 15.2. The molecule has 29 heavy (non-hydrogen) atoms. The van der Waals surface area contributed by atoms with Crippen molar-refractivity contribution in [3.63, 3.8) is 0 Å². The normalized spacial score (nSPS) is 26.6. The van der Waals surface area contributed by atoms with E-state index in [-0.39, 0.29) is 10.8 Å². The van der Waals surface area contributed by atoms with Crippen LogP contribution in [-0.4, -0.2) is 24.4 Å². The highest BCUT2D eigenvalue weighted by Gasteiger charge is 2.48. The zero-order valence-electron chi connectivity index (χ0n) is 18.1. The highest BCUT2D eigenvalue weighted by Crippen LogP contribution is 2.50. The standard InChI is InChI=1S/C27H31N2/c1-7-17-26(3)20-13-9-11-15-22(20)28(5)24(26)19-25-27(4,18-8-2)21-14-10-12-16-23(21)29(25)6/h7-16,19H,1-2,17-18H2,3-6H3/q+1. The fourth-order valence-corrected chi connectivity index (χ4v) is 5.39. The minimum atomic E-state index is -0.0925. The molecule has 4 rings (SSSR count). The molecule has 148 valence electrons. The van der Waals surface area contributed by atoms with Crippen molar-refractivity contribution in [2.45, 2.75) is 37.5 Å². The van der Waals surface area contributed by atoms with Crippen LogP contribution in [0.2, 0.25) is 0 Å². The van der Waals surface area contributed by atoms with Crippen molar-refractivity contribution >= 4 is 17.1 Å². The van der Waals surface area contributed by atoms with E-state index in [0.717, 1.165) is 12.8 Å². The van der Waals surface area contributed by atoms with Gasteiger partial charge in [0.15, 0.2) is 5.71 Å². The summed E-state index contributed by atoms with van der Waals surface area (Å²) in [5.41, 5.74) is 7.78. The molecular formula is C27H31N2+. The molecule has 0 bridgehead atoms. The highest BCUT2D eigenvalue weighted by molar-refractivity contribution is 6.04. The summed E-state index contributed by atoms with van der Waals surface area (Å²) in [6.45, 7) is 12.8. The maximum Gasteiger partial charge on any atom is 0.209 e. The second kappa shape index (κ2) is 6.88. The Labute approximate surface area is 175 Å². The van der Waals surface area contributed by atoms with Gasteiger partial charge in [0.05, 0.1) is 5.41 Å². The van der Waals surface area contributed by atoms with Gasteiger partial charge >= 0.3 is 0 Å². The predicted octanol–water partition coefficient (Wildman–Crippen LogP) is 6.12. The predicted molar refractivity (Wildman–Crippen MR) is 125 cm³/mol. The van der Waals surface area contributed by atoms with Crippen LogP contribution in [0.25, 0.3) is 0 Å². The summed E-state index contributed by atoms with van der Waals surface area (Å²) >= 11 is 0. The van der Waals surface area contributed by atoms with E-state index in [0.29, 0.717) is 0 Å². The van der Waals surface area contributed by atoms with E-state index >= 15 is 0 Å². The second-order valence-electron chi connectivity index (χ2n) is 8.72. The van der Waals surface area contributed by atoms with Gasteiger partial charge in [0.1, 0.15) is 7.05 Å². The van der Waals surface area contributed by atoms with Crippen LogP contribution >= 0.6 is 0 Å². The molecule has 0 saturated carbocycles. The molecule has 0 spiro atoms. The van der Waals surface area contributed by atoms with Crippen molar-refractivity contribution in [1.82, 2.24) is 0 Å². The maximum absolute atomic E-state index is 4.06. The largest absolute Gasteiger partial charge is 0.347 e. The number of nitrogens with zero attached hydrogens (tertiary/aromatic N) is 2. The molecule has 2 aromatic rings. The Kier molecular flexibility index (Phi) is 4.61. The summed E-state index contributed by atoms with van der Waals surface area (Å²) in [6, 6.07) is 17.5. The number of hydrogen-bond acceptors (Lipinski definition) is 1. The lowest BCUT2D eigenvalue weighted by Gasteiger charge is -2.29. The van der Waals surface area contributed by atoms with Gasteiger partial charge < -0.3 is 4.90 Å². The molecular weight excluding hydrogens is 352 g/mol. The van der Waals surface area contributed by atoms with Crippen molar-refractivity contribution in [2.24, 2.45) is 0 Å². The van der Waals surface area contributed by atoms with Crippen LogP contribution in [0.1, 0.15) is 37.8 Å². The zero-order chi connectivity index (χ0) is 20.8. The quantitative estimate of drug-likeness (QED) is 0.445. The Morgan fingerprint density at radius 1 is 0.897 bits per heavy atom. The third-order valence-corrected chi connectivity index (χ3v) is 6.95. The minimum absolute atomic E-state index is 0.0925. The van der Waals surface area contributed by atoms with Crippen molar-refractivity contribution in [3.05, 3.63) is 96.7 Å². The third-order valence-electron chi connectivity index (χ3n) is 6.95. The summed E-state index contributed by atoms with van der Waals surface area (Å²) < 4.78 is 2.36. The number of fused-ring (bicyclic) bond motifs is 2. The molecule has 0 N–H and O–H groups in total. The Morgan fingerprint density at radius 2 is 1.48 bits per heavy atom. The number of benzene rings is 2. The van der Waals surface area contributed by atoms with E-state index < -0.39 is 0 Å². The summed E-state index contributed by atoms with van der Waals surface area (Å²) in [4.78, 5) is 2.36. The van der Waals surface area contributed by atoms with Crippen LogP contribution in [0.4, 0.5) is 11.4 Å². The van der Waals surface area contributed by atoms with Gasteiger partial charge in [0, 0.05) is 41.6 Å². The number of allylic oxidation sites excluding steroid dienone is 4. The van der Waals surface area contributed by atoms with E-state index in [1.54, 1.807) is 0 Å². The summed E-state index contributed by atoms with van der Waals surface area (Å²) in [6.07, 6.45) is 8.33. The van der Waals surface area contributed by atoms with Crippen molar-refractivity contribution in [1.29, 1.82) is 0 Å². The fraction of sp³-hybridized carbons (Fsp3) is 0.296. The number of para-hydroxylation sites is 2. The van der Waals surface area contributed by atoms with E-state index in [2.05, 4.69) is 105 Å². The molecule has 0 radical (unpaired) electrons. The first-order valence-corrected chi connectivity index (χ1v) is 10.4. The molecule has 2 heterocycles. The Hall–Kier alpha value is -2.87. The lowest BCUT2D eigenvalue weighted by Crippen LogP contribution is -2.33. The van der Waals surface area contributed by atoms with Gasteiger partial charge in [-0.25, -0.2) is 0 Å². The van der Waals surface area contributed by atoms with E-state index in [9.17, 15) is 0 Å². The first-order chi connectivity index (χ1) is 13.9. The molecule has 0 amide bonds. The molecule has 2 heteroatoms. The third kappa shape index (κ3) is 2.66. The van der Waals surface area contributed by atoms with Gasteiger partial charge in [-0.2, -0.15) is 4.58 Å². The van der Waals surface area contributed by atoms with Crippen LogP contribution in [0.3, 0.4) is 0 Å². The average molecular weight is 384 g/mol. The zero-order valence-corrected chi connectivity index (χ0v) is 18.1. The smallest absolute Gasteiger partial charge is 0.209 e. The monoisotopic (exact) mass is 383 g/mol. The minimum Gasteiger partial charge on any atom is -0.347 e. The number of anilines is 1. The van der Waals surface area contributed by atoms with Crippen LogP contribution in [0, 0.1) is 0 Å². The maximum atomic E-state index is 4.06. The lowest BCUT2D eigenvalue weighted by atomic mass is 9.74. The van der Waals surface area contributed by atoms with Crippen molar-refractivity contribution in [2.75, 3.05) is 19.0 Å². The molecule has 0 saturated heterocycles. The fourth-order valence-electron chi connectivity index (χ4n) is 5.39. The summed E-state index contributed by atoms with van der Waals surface area (Å²) in [5.74, 6) is 0. The first-order valence-electron chi connectivity index (χ1n) is 10.4. The molecule has 2 unspecified atom stereocenters. The van der Waals surface area contributed by atoms with Crippen LogP contribution in [0.15, 0.2) is 85.6 Å². The number of rotatable bonds is 5. The van der Waals surface area contributed by atoms with E-state index in [4.69, 9.17) is 0 Å². The van der Waals surface area contributed by atoms with Gasteiger partial charge in [-0.1, -0.05) is 48.6 Å². The van der Waals surface area contributed by atoms with E-state index in [1.807, 2.05) is 12.2 Å². The summed E-state index contributed by atoms with van der Waals surface area (Å²) in [7, 11) is 4.37.